The van der Waals surface area contributed by atoms with Crippen LogP contribution in [0.2, 0.25) is 0 Å². The standard InChI is InChI=1S/C14H19N3O2S2/c1-8-4-5-10-11(15)12(20-14(10)17-8)13(18)16-9(2)6-7-21(3)19/h4-5,9H,6-7,15H2,1-3H3,(H,16,18). The van der Waals surface area contributed by atoms with Gasteiger partial charge in [-0.1, -0.05) is 0 Å². The molecule has 3 N–H and O–H groups in total. The first kappa shape index (κ1) is 15.9. The van der Waals surface area contributed by atoms with Gasteiger partial charge in [0.05, 0.1) is 5.69 Å². The number of nitrogen functional groups attached to an aromatic ring is 1. The highest BCUT2D eigenvalue weighted by atomic mass is 32.2. The van der Waals surface area contributed by atoms with E-state index in [0.29, 0.717) is 22.7 Å². The largest absolute Gasteiger partial charge is 0.397 e. The molecular formula is C14H19N3O2S2. The van der Waals surface area contributed by atoms with Crippen LogP contribution in [0.3, 0.4) is 0 Å². The molecule has 0 saturated heterocycles. The highest BCUT2D eigenvalue weighted by Gasteiger charge is 2.18. The minimum Gasteiger partial charge on any atom is -0.397 e. The Kier molecular flexibility index (Phi) is 4.95. The van der Waals surface area contributed by atoms with Gasteiger partial charge in [0.1, 0.15) is 9.71 Å². The van der Waals surface area contributed by atoms with E-state index >= 15 is 0 Å². The molecule has 0 radical (unpaired) electrons. The van der Waals surface area contributed by atoms with Crippen LogP contribution in [0.5, 0.6) is 0 Å². The zero-order valence-electron chi connectivity index (χ0n) is 12.3. The molecule has 1 amide bonds. The van der Waals surface area contributed by atoms with Crippen molar-refractivity contribution >= 4 is 43.9 Å². The average Bonchev–Trinajstić information content (AvgIpc) is 2.73. The summed E-state index contributed by atoms with van der Waals surface area (Å²) >= 11 is 1.30. The van der Waals surface area contributed by atoms with E-state index in [1.54, 1.807) is 6.26 Å². The molecule has 0 bridgehead atoms. The lowest BCUT2D eigenvalue weighted by molar-refractivity contribution is 0.0944. The van der Waals surface area contributed by atoms with E-state index in [4.69, 9.17) is 5.73 Å². The number of thiophene rings is 1. The molecule has 0 fully saturated rings. The van der Waals surface area contributed by atoms with E-state index in [-0.39, 0.29) is 11.9 Å². The first-order valence-corrected chi connectivity index (χ1v) is 9.19. The first-order chi connectivity index (χ1) is 9.88. The van der Waals surface area contributed by atoms with Gasteiger partial charge in [-0.2, -0.15) is 0 Å². The average molecular weight is 325 g/mol. The van der Waals surface area contributed by atoms with E-state index < -0.39 is 10.8 Å². The summed E-state index contributed by atoms with van der Waals surface area (Å²) in [6.45, 7) is 3.80. The van der Waals surface area contributed by atoms with E-state index in [1.807, 2.05) is 26.0 Å². The van der Waals surface area contributed by atoms with Crippen LogP contribution >= 0.6 is 11.3 Å². The van der Waals surface area contributed by atoms with Crippen LogP contribution in [0.25, 0.3) is 10.2 Å². The maximum absolute atomic E-state index is 12.3. The Labute approximate surface area is 130 Å². The number of nitrogens with two attached hydrogens (primary N) is 1. The molecule has 7 heteroatoms. The number of aromatic nitrogens is 1. The lowest BCUT2D eigenvalue weighted by Crippen LogP contribution is -2.33. The van der Waals surface area contributed by atoms with Crippen LogP contribution in [0.1, 0.15) is 28.7 Å². The second-order valence-electron chi connectivity index (χ2n) is 5.09. The van der Waals surface area contributed by atoms with Crippen LogP contribution in [0, 0.1) is 6.92 Å². The van der Waals surface area contributed by atoms with E-state index in [9.17, 15) is 9.00 Å². The highest BCUT2D eigenvalue weighted by Crippen LogP contribution is 2.32. The van der Waals surface area contributed by atoms with Crippen LogP contribution in [-0.4, -0.2) is 33.2 Å². The summed E-state index contributed by atoms with van der Waals surface area (Å²) in [6, 6.07) is 3.73. The topological polar surface area (TPSA) is 85.1 Å². The molecule has 0 aliphatic carbocycles. The Hall–Kier alpha value is -1.47. The Morgan fingerprint density at radius 1 is 1.52 bits per heavy atom. The molecule has 2 atom stereocenters. The van der Waals surface area contributed by atoms with Gasteiger partial charge < -0.3 is 11.1 Å². The van der Waals surface area contributed by atoms with Gasteiger partial charge in [-0.25, -0.2) is 4.98 Å². The summed E-state index contributed by atoms with van der Waals surface area (Å²) in [5, 5.41) is 3.71. The number of aryl methyl sites for hydroxylation is 1. The summed E-state index contributed by atoms with van der Waals surface area (Å²) in [5.41, 5.74) is 7.42. The lowest BCUT2D eigenvalue weighted by atomic mass is 10.2. The highest BCUT2D eigenvalue weighted by molar-refractivity contribution is 7.84. The van der Waals surface area contributed by atoms with Gasteiger partial charge in [0, 0.05) is 39.9 Å². The summed E-state index contributed by atoms with van der Waals surface area (Å²) < 4.78 is 11.1. The van der Waals surface area contributed by atoms with Crippen molar-refractivity contribution < 1.29 is 9.00 Å². The lowest BCUT2D eigenvalue weighted by Gasteiger charge is -2.12. The third-order valence-corrected chi connectivity index (χ3v) is 5.08. The van der Waals surface area contributed by atoms with Crippen molar-refractivity contribution in [3.05, 3.63) is 22.7 Å². The van der Waals surface area contributed by atoms with Gasteiger partial charge in [-0.05, 0) is 32.4 Å². The SMILES string of the molecule is Cc1ccc2c(N)c(C(=O)NC(C)CCS(C)=O)sc2n1. The molecule has 21 heavy (non-hydrogen) atoms. The van der Waals surface area contributed by atoms with Crippen LogP contribution in [0.4, 0.5) is 5.69 Å². The van der Waals surface area contributed by atoms with Crippen molar-refractivity contribution in [2.45, 2.75) is 26.3 Å². The van der Waals surface area contributed by atoms with E-state index in [1.165, 1.54) is 11.3 Å². The third-order valence-electron chi connectivity index (χ3n) is 3.16. The minimum atomic E-state index is -0.848. The molecule has 0 aliphatic heterocycles. The van der Waals surface area contributed by atoms with E-state index in [2.05, 4.69) is 10.3 Å². The van der Waals surface area contributed by atoms with Gasteiger partial charge in [0.15, 0.2) is 0 Å². The molecule has 0 spiro atoms. The van der Waals surface area contributed by atoms with Crippen molar-refractivity contribution in [3.63, 3.8) is 0 Å². The zero-order valence-corrected chi connectivity index (χ0v) is 13.9. The number of hydrogen-bond acceptors (Lipinski definition) is 5. The quantitative estimate of drug-likeness (QED) is 0.881. The van der Waals surface area contributed by atoms with Gasteiger partial charge in [-0.3, -0.25) is 9.00 Å². The van der Waals surface area contributed by atoms with Crippen molar-refractivity contribution in [1.82, 2.24) is 10.3 Å². The number of rotatable bonds is 5. The second kappa shape index (κ2) is 6.53. The molecule has 2 heterocycles. The van der Waals surface area contributed by atoms with Crippen LogP contribution in [-0.2, 0) is 10.8 Å². The van der Waals surface area contributed by atoms with Crippen LogP contribution in [0.15, 0.2) is 12.1 Å². The number of pyridine rings is 1. The smallest absolute Gasteiger partial charge is 0.263 e. The second-order valence-corrected chi connectivity index (χ2v) is 7.64. The molecule has 5 nitrogen and oxygen atoms in total. The molecule has 2 aromatic rings. The number of fused-ring (bicyclic) bond motifs is 1. The monoisotopic (exact) mass is 325 g/mol. The summed E-state index contributed by atoms with van der Waals surface area (Å²) in [7, 11) is -0.848. The molecular weight excluding hydrogens is 306 g/mol. The third kappa shape index (κ3) is 3.79. The number of nitrogens with zero attached hydrogens (tertiary/aromatic N) is 1. The predicted octanol–water partition coefficient (Wildman–Crippen LogP) is 2.07. The molecule has 2 aromatic heterocycles. The maximum Gasteiger partial charge on any atom is 0.263 e. The number of anilines is 1. The number of nitrogens with one attached hydrogen (secondary N) is 1. The normalized spacial score (nSPS) is 14.0. The first-order valence-electron chi connectivity index (χ1n) is 6.65. The number of carbonyl (C=O) groups excluding carboxylic acids is 1. The molecule has 0 saturated carbocycles. The van der Waals surface area contributed by atoms with Crippen LogP contribution < -0.4 is 11.1 Å². The fraction of sp³-hybridized carbons (Fsp3) is 0.429. The predicted molar refractivity (Wildman–Crippen MR) is 89.2 cm³/mol. The summed E-state index contributed by atoms with van der Waals surface area (Å²) in [6.07, 6.45) is 2.34. The van der Waals surface area contributed by atoms with Crippen molar-refractivity contribution in [2.75, 3.05) is 17.7 Å². The maximum atomic E-state index is 12.3. The van der Waals surface area contributed by atoms with E-state index in [0.717, 1.165) is 15.9 Å². The Bertz CT molecular complexity index is 697. The molecule has 114 valence electrons. The molecule has 2 rings (SSSR count). The fourth-order valence-corrected chi connectivity index (χ4v) is 3.69. The Morgan fingerprint density at radius 2 is 2.24 bits per heavy atom. The molecule has 2 unspecified atom stereocenters. The van der Waals surface area contributed by atoms with Gasteiger partial charge >= 0.3 is 0 Å². The zero-order chi connectivity index (χ0) is 15.6. The molecule has 0 aliphatic rings. The Morgan fingerprint density at radius 3 is 2.90 bits per heavy atom. The van der Waals surface area contributed by atoms with Gasteiger partial charge in [-0.15, -0.1) is 11.3 Å². The van der Waals surface area contributed by atoms with Crippen molar-refractivity contribution in [3.8, 4) is 0 Å². The number of hydrogen-bond donors (Lipinski definition) is 2. The van der Waals surface area contributed by atoms with Crippen molar-refractivity contribution in [1.29, 1.82) is 0 Å². The van der Waals surface area contributed by atoms with Crippen molar-refractivity contribution in [2.24, 2.45) is 0 Å². The summed E-state index contributed by atoms with van der Waals surface area (Å²) in [5.74, 6) is 0.381. The number of amides is 1. The number of carbonyl (C=O) groups is 1. The van der Waals surface area contributed by atoms with Gasteiger partial charge in [0.2, 0.25) is 0 Å². The van der Waals surface area contributed by atoms with Gasteiger partial charge in [0.25, 0.3) is 5.91 Å². The Balaban J connectivity index is 2.16. The fourth-order valence-electron chi connectivity index (χ4n) is 1.96. The molecule has 0 aromatic carbocycles. The minimum absolute atomic E-state index is 0.0410. The summed E-state index contributed by atoms with van der Waals surface area (Å²) in [4.78, 5) is 18.0.